The monoisotopic (exact) mass is 212 g/mol. The Kier molecular flexibility index (Phi) is 2.98. The average molecular weight is 212 g/mol. The van der Waals surface area contributed by atoms with Gasteiger partial charge >= 0.3 is 0 Å². The van der Waals surface area contributed by atoms with Gasteiger partial charge in [0.2, 0.25) is 5.91 Å². The molecule has 0 bridgehead atoms. The topological polar surface area (TPSA) is 52.6 Å². The van der Waals surface area contributed by atoms with Crippen LogP contribution in [0.3, 0.4) is 0 Å². The number of carbonyl (C=O) groups is 1. The summed E-state index contributed by atoms with van der Waals surface area (Å²) in [5.74, 6) is 0.192. The van der Waals surface area contributed by atoms with Crippen LogP contribution in [0.5, 0.6) is 0 Å². The van der Waals surface area contributed by atoms with Gasteiger partial charge in [-0.3, -0.25) is 9.80 Å². The van der Waals surface area contributed by atoms with E-state index in [4.69, 9.17) is 0 Å². The maximum atomic E-state index is 11.7. The number of hydrazine groups is 1. The van der Waals surface area contributed by atoms with Crippen molar-refractivity contribution in [1.82, 2.24) is 10.4 Å². The summed E-state index contributed by atoms with van der Waals surface area (Å²) in [6.07, 6.45) is 5.64. The van der Waals surface area contributed by atoms with Crippen LogP contribution in [0, 0.1) is 0 Å². The van der Waals surface area contributed by atoms with Crippen molar-refractivity contribution in [3.63, 3.8) is 0 Å². The fourth-order valence-electron chi connectivity index (χ4n) is 2.61. The fraction of sp³-hybridized carbons (Fsp3) is 0.909. The molecule has 2 N–H and O–H groups in total. The third-order valence-corrected chi connectivity index (χ3v) is 3.49. The highest BCUT2D eigenvalue weighted by Crippen LogP contribution is 2.36. The molecule has 15 heavy (non-hydrogen) atoms. The minimum atomic E-state index is -0.334. The van der Waals surface area contributed by atoms with Gasteiger partial charge in [-0.2, -0.15) is 0 Å². The van der Waals surface area contributed by atoms with E-state index in [1.807, 2.05) is 0 Å². The quantitative estimate of drug-likeness (QED) is 0.728. The number of aliphatic hydroxyl groups excluding tert-OH is 1. The number of aliphatic hydroxyl groups is 1. The molecule has 2 rings (SSSR count). The van der Waals surface area contributed by atoms with E-state index in [2.05, 4.69) is 5.43 Å². The predicted molar refractivity (Wildman–Crippen MR) is 57.0 cm³/mol. The van der Waals surface area contributed by atoms with Gasteiger partial charge < -0.3 is 5.11 Å². The second kappa shape index (κ2) is 4.10. The summed E-state index contributed by atoms with van der Waals surface area (Å²) in [4.78, 5) is 11.7. The average Bonchev–Trinajstić information content (AvgIpc) is 2.72. The van der Waals surface area contributed by atoms with Gasteiger partial charge in [0, 0.05) is 18.5 Å². The van der Waals surface area contributed by atoms with E-state index >= 15 is 0 Å². The van der Waals surface area contributed by atoms with E-state index in [0.29, 0.717) is 19.4 Å². The Morgan fingerprint density at radius 3 is 2.80 bits per heavy atom. The first-order valence-electron chi connectivity index (χ1n) is 5.88. The molecule has 1 saturated carbocycles. The molecule has 0 radical (unpaired) electrons. The molecule has 1 spiro atoms. The third-order valence-electron chi connectivity index (χ3n) is 3.49. The van der Waals surface area contributed by atoms with Crippen molar-refractivity contribution in [2.24, 2.45) is 0 Å². The Morgan fingerprint density at radius 1 is 1.53 bits per heavy atom. The van der Waals surface area contributed by atoms with Crippen LogP contribution < -0.4 is 5.43 Å². The minimum Gasteiger partial charge on any atom is -0.393 e. The largest absolute Gasteiger partial charge is 0.393 e. The zero-order valence-electron chi connectivity index (χ0n) is 9.33. The lowest BCUT2D eigenvalue weighted by molar-refractivity contribution is -0.129. The lowest BCUT2D eigenvalue weighted by atomic mass is 9.96. The van der Waals surface area contributed by atoms with Gasteiger partial charge in [0.05, 0.1) is 6.10 Å². The standard InChI is InChI=1S/C11H20N2O2/c1-9(14)4-7-13-10(15)8-11(12-13)5-2-3-6-11/h9,12,14H,2-8H2,1H3. The van der Waals surface area contributed by atoms with Crippen molar-refractivity contribution >= 4 is 5.91 Å². The molecule has 0 aromatic heterocycles. The molecule has 1 heterocycles. The molecule has 2 aliphatic rings. The van der Waals surface area contributed by atoms with Crippen LogP contribution in [0.2, 0.25) is 0 Å². The van der Waals surface area contributed by atoms with Gasteiger partial charge in [0.15, 0.2) is 0 Å². The molecule has 1 aliphatic carbocycles. The molecule has 1 unspecified atom stereocenters. The highest BCUT2D eigenvalue weighted by molar-refractivity contribution is 5.79. The van der Waals surface area contributed by atoms with Crippen molar-refractivity contribution in [1.29, 1.82) is 0 Å². The number of nitrogens with zero attached hydrogens (tertiary/aromatic N) is 1. The minimum absolute atomic E-state index is 0.0653. The molecule has 0 aromatic rings. The Balaban J connectivity index is 1.89. The van der Waals surface area contributed by atoms with E-state index in [9.17, 15) is 9.90 Å². The number of rotatable bonds is 3. The molecule has 1 atom stereocenters. The van der Waals surface area contributed by atoms with Crippen LogP contribution in [0.15, 0.2) is 0 Å². The first-order valence-corrected chi connectivity index (χ1v) is 5.88. The zero-order valence-corrected chi connectivity index (χ0v) is 9.33. The van der Waals surface area contributed by atoms with Gasteiger partial charge in [0.25, 0.3) is 0 Å². The van der Waals surface area contributed by atoms with Gasteiger partial charge in [-0.25, -0.2) is 5.43 Å². The summed E-state index contributed by atoms with van der Waals surface area (Å²) in [6, 6.07) is 0. The number of carbonyl (C=O) groups excluding carboxylic acids is 1. The summed E-state index contributed by atoms with van der Waals surface area (Å²) < 4.78 is 0. The summed E-state index contributed by atoms with van der Waals surface area (Å²) in [6.45, 7) is 2.38. The second-order valence-electron chi connectivity index (χ2n) is 4.96. The number of amides is 1. The Bertz CT molecular complexity index is 247. The number of hydrogen-bond acceptors (Lipinski definition) is 3. The fourth-order valence-corrected chi connectivity index (χ4v) is 2.61. The highest BCUT2D eigenvalue weighted by atomic mass is 16.3. The van der Waals surface area contributed by atoms with Crippen LogP contribution in [0.4, 0.5) is 0 Å². The van der Waals surface area contributed by atoms with Crippen molar-refractivity contribution in [2.45, 2.75) is 57.1 Å². The lowest BCUT2D eigenvalue weighted by Gasteiger charge is -2.25. The van der Waals surface area contributed by atoms with E-state index < -0.39 is 0 Å². The first kappa shape index (κ1) is 10.9. The van der Waals surface area contributed by atoms with Crippen molar-refractivity contribution in [3.8, 4) is 0 Å². The van der Waals surface area contributed by atoms with Crippen molar-refractivity contribution in [3.05, 3.63) is 0 Å². The molecular formula is C11H20N2O2. The third kappa shape index (κ3) is 2.32. The van der Waals surface area contributed by atoms with Crippen molar-refractivity contribution in [2.75, 3.05) is 6.54 Å². The van der Waals surface area contributed by atoms with E-state index in [1.165, 1.54) is 12.8 Å². The SMILES string of the molecule is CC(O)CCN1NC2(CCCC2)CC1=O. The van der Waals surface area contributed by atoms with Crippen LogP contribution in [-0.2, 0) is 4.79 Å². The number of nitrogens with one attached hydrogen (secondary N) is 1. The van der Waals surface area contributed by atoms with Crippen LogP contribution in [-0.4, -0.2) is 34.2 Å². The summed E-state index contributed by atoms with van der Waals surface area (Å²) in [5, 5.41) is 10.9. The number of hydrogen-bond donors (Lipinski definition) is 2. The molecule has 1 saturated heterocycles. The van der Waals surface area contributed by atoms with Gasteiger partial charge in [-0.15, -0.1) is 0 Å². The normalized spacial score (nSPS) is 26.5. The van der Waals surface area contributed by atoms with Crippen LogP contribution >= 0.6 is 0 Å². The molecular weight excluding hydrogens is 192 g/mol. The molecule has 1 amide bonds. The van der Waals surface area contributed by atoms with E-state index in [1.54, 1.807) is 11.9 Å². The van der Waals surface area contributed by atoms with Gasteiger partial charge in [0.1, 0.15) is 0 Å². The lowest BCUT2D eigenvalue weighted by Crippen LogP contribution is -2.45. The summed E-state index contributed by atoms with van der Waals surface area (Å²) in [7, 11) is 0. The first-order chi connectivity index (χ1) is 7.11. The molecule has 1 aliphatic heterocycles. The van der Waals surface area contributed by atoms with Crippen LogP contribution in [0.25, 0.3) is 0 Å². The summed E-state index contributed by atoms with van der Waals surface area (Å²) in [5.41, 5.74) is 3.41. The smallest absolute Gasteiger partial charge is 0.238 e. The molecule has 2 fully saturated rings. The summed E-state index contributed by atoms with van der Waals surface area (Å²) >= 11 is 0. The Labute approximate surface area is 90.6 Å². The molecule has 4 nitrogen and oxygen atoms in total. The Morgan fingerprint density at radius 2 is 2.20 bits per heavy atom. The molecule has 0 aromatic carbocycles. The van der Waals surface area contributed by atoms with Crippen LogP contribution in [0.1, 0.15) is 45.4 Å². The van der Waals surface area contributed by atoms with Gasteiger partial charge in [-0.1, -0.05) is 12.8 Å². The van der Waals surface area contributed by atoms with Crippen molar-refractivity contribution < 1.29 is 9.90 Å². The van der Waals surface area contributed by atoms with E-state index in [-0.39, 0.29) is 17.6 Å². The second-order valence-corrected chi connectivity index (χ2v) is 4.96. The predicted octanol–water partition coefficient (Wildman–Crippen LogP) is 0.807. The molecule has 86 valence electrons. The van der Waals surface area contributed by atoms with E-state index in [0.717, 1.165) is 12.8 Å². The Hall–Kier alpha value is -0.610. The zero-order chi connectivity index (χ0) is 10.9. The maximum absolute atomic E-state index is 11.7. The van der Waals surface area contributed by atoms with Gasteiger partial charge in [-0.05, 0) is 26.2 Å². The molecule has 4 heteroatoms. The maximum Gasteiger partial charge on any atom is 0.238 e. The highest BCUT2D eigenvalue weighted by Gasteiger charge is 2.44.